The van der Waals surface area contributed by atoms with E-state index in [1.54, 1.807) is 26.3 Å². The third kappa shape index (κ3) is 3.15. The number of imidazole rings is 1. The first-order chi connectivity index (χ1) is 11.6. The molecular weight excluding hydrogens is 308 g/mol. The minimum Gasteiger partial charge on any atom is -0.497 e. The van der Waals surface area contributed by atoms with E-state index in [-0.39, 0.29) is 11.7 Å². The molecule has 3 aromatic rings. The van der Waals surface area contributed by atoms with Gasteiger partial charge in [0.15, 0.2) is 0 Å². The van der Waals surface area contributed by atoms with Gasteiger partial charge in [0.05, 0.1) is 12.8 Å². The fourth-order valence-electron chi connectivity index (χ4n) is 2.42. The number of hydrogen-bond acceptors (Lipinski definition) is 5. The van der Waals surface area contributed by atoms with Gasteiger partial charge in [0.25, 0.3) is 5.91 Å². The summed E-state index contributed by atoms with van der Waals surface area (Å²) in [7, 11) is 3.49. The highest BCUT2D eigenvalue weighted by Crippen LogP contribution is 2.23. The van der Waals surface area contributed by atoms with Crippen molar-refractivity contribution in [3.8, 4) is 5.75 Å². The number of aryl methyl sites for hydroxylation is 2. The smallest absolute Gasteiger partial charge is 0.290 e. The minimum absolute atomic E-state index is 0.167. The van der Waals surface area contributed by atoms with E-state index in [2.05, 4.69) is 15.5 Å². The Morgan fingerprint density at radius 1 is 1.33 bits per heavy atom. The largest absolute Gasteiger partial charge is 0.497 e. The highest BCUT2D eigenvalue weighted by atomic mass is 16.5. The molecule has 24 heavy (non-hydrogen) atoms. The molecule has 0 aliphatic rings. The number of amides is 1. The van der Waals surface area contributed by atoms with E-state index in [1.807, 2.05) is 42.1 Å². The average molecular weight is 326 g/mol. The molecule has 2 heterocycles. The van der Waals surface area contributed by atoms with Gasteiger partial charge < -0.3 is 19.1 Å². The predicted octanol–water partition coefficient (Wildman–Crippen LogP) is 2.24. The molecule has 0 bridgehead atoms. The number of ether oxygens (including phenoxy) is 1. The van der Waals surface area contributed by atoms with Crippen LogP contribution in [0.25, 0.3) is 0 Å². The van der Waals surface area contributed by atoms with Gasteiger partial charge in [-0.2, -0.15) is 0 Å². The standard InChI is InChI=1S/C17H18N4O3/c1-11-10-14(24-20-11)17(22)19-15(16-18-8-9-21(16)2)12-4-6-13(23-3)7-5-12/h4-10,15H,1-3H3,(H,19,22). The van der Waals surface area contributed by atoms with Crippen molar-refractivity contribution in [2.24, 2.45) is 7.05 Å². The normalized spacial score (nSPS) is 12.0. The molecule has 1 unspecified atom stereocenters. The molecule has 1 atom stereocenters. The summed E-state index contributed by atoms with van der Waals surface area (Å²) in [4.78, 5) is 16.8. The molecule has 0 spiro atoms. The van der Waals surface area contributed by atoms with Crippen molar-refractivity contribution in [1.29, 1.82) is 0 Å². The van der Waals surface area contributed by atoms with Gasteiger partial charge in [0.1, 0.15) is 17.6 Å². The van der Waals surface area contributed by atoms with Crippen molar-refractivity contribution >= 4 is 5.91 Å². The number of aromatic nitrogens is 3. The summed E-state index contributed by atoms with van der Waals surface area (Å²) in [5.41, 5.74) is 1.54. The van der Waals surface area contributed by atoms with Crippen LogP contribution in [0.5, 0.6) is 5.75 Å². The van der Waals surface area contributed by atoms with Crippen molar-refractivity contribution in [3.63, 3.8) is 0 Å². The molecule has 0 aliphatic carbocycles. The lowest BCUT2D eigenvalue weighted by molar-refractivity contribution is 0.0904. The zero-order valence-corrected chi connectivity index (χ0v) is 13.7. The van der Waals surface area contributed by atoms with Crippen molar-refractivity contribution in [2.75, 3.05) is 7.11 Å². The first-order valence-electron chi connectivity index (χ1n) is 7.44. The van der Waals surface area contributed by atoms with Crippen LogP contribution in [0.3, 0.4) is 0 Å². The second-order valence-electron chi connectivity index (χ2n) is 5.41. The summed E-state index contributed by atoms with van der Waals surface area (Å²) >= 11 is 0. The quantitative estimate of drug-likeness (QED) is 0.777. The van der Waals surface area contributed by atoms with E-state index in [1.165, 1.54) is 0 Å². The Labute approximate surface area is 139 Å². The Hall–Kier alpha value is -3.09. The Bertz CT molecular complexity index is 836. The van der Waals surface area contributed by atoms with Crippen molar-refractivity contribution in [2.45, 2.75) is 13.0 Å². The van der Waals surface area contributed by atoms with Gasteiger partial charge in [-0.15, -0.1) is 0 Å². The van der Waals surface area contributed by atoms with Gasteiger partial charge in [-0.1, -0.05) is 17.3 Å². The van der Waals surface area contributed by atoms with Gasteiger partial charge >= 0.3 is 0 Å². The summed E-state index contributed by atoms with van der Waals surface area (Å²) in [5, 5.41) is 6.69. The lowest BCUT2D eigenvalue weighted by atomic mass is 10.1. The maximum atomic E-state index is 12.5. The van der Waals surface area contributed by atoms with Crippen molar-refractivity contribution in [3.05, 3.63) is 65.6 Å². The fourth-order valence-corrected chi connectivity index (χ4v) is 2.42. The second-order valence-corrected chi connectivity index (χ2v) is 5.41. The summed E-state index contributed by atoms with van der Waals surface area (Å²) in [5.74, 6) is 1.28. The third-order valence-electron chi connectivity index (χ3n) is 3.69. The Kier molecular flexibility index (Phi) is 4.33. The molecule has 1 aromatic carbocycles. The minimum atomic E-state index is -0.422. The molecule has 0 saturated carbocycles. The first kappa shape index (κ1) is 15.8. The summed E-state index contributed by atoms with van der Waals surface area (Å²) < 4.78 is 12.1. The molecule has 7 heteroatoms. The highest BCUT2D eigenvalue weighted by Gasteiger charge is 2.23. The number of hydrogen-bond donors (Lipinski definition) is 1. The van der Waals surface area contributed by atoms with Crippen LogP contribution >= 0.6 is 0 Å². The van der Waals surface area contributed by atoms with E-state index in [9.17, 15) is 4.79 Å². The molecule has 0 saturated heterocycles. The average Bonchev–Trinajstić information content (AvgIpc) is 3.21. The molecule has 1 N–H and O–H groups in total. The van der Waals surface area contributed by atoms with Gasteiger partial charge in [-0.05, 0) is 24.6 Å². The van der Waals surface area contributed by atoms with Crippen LogP contribution in [0.15, 0.2) is 47.2 Å². The van der Waals surface area contributed by atoms with Gasteiger partial charge in [0.2, 0.25) is 5.76 Å². The summed E-state index contributed by atoms with van der Waals surface area (Å²) in [6, 6.07) is 8.65. The number of carbonyl (C=O) groups is 1. The van der Waals surface area contributed by atoms with Gasteiger partial charge in [0, 0.05) is 25.5 Å². The molecule has 0 aliphatic heterocycles. The fraction of sp³-hybridized carbons (Fsp3) is 0.235. The van der Waals surface area contributed by atoms with Crippen molar-refractivity contribution < 1.29 is 14.1 Å². The Morgan fingerprint density at radius 3 is 2.62 bits per heavy atom. The highest BCUT2D eigenvalue weighted by molar-refractivity contribution is 5.91. The van der Waals surface area contributed by atoms with Gasteiger partial charge in [-0.3, -0.25) is 4.79 Å². The van der Waals surface area contributed by atoms with E-state index < -0.39 is 6.04 Å². The zero-order valence-electron chi connectivity index (χ0n) is 13.7. The molecule has 2 aromatic heterocycles. The number of nitrogens with one attached hydrogen (secondary N) is 1. The Balaban J connectivity index is 1.93. The number of carbonyl (C=O) groups excluding carboxylic acids is 1. The number of methoxy groups -OCH3 is 1. The van der Waals surface area contributed by atoms with Crippen LogP contribution in [-0.4, -0.2) is 27.7 Å². The van der Waals surface area contributed by atoms with Crippen LogP contribution in [0.4, 0.5) is 0 Å². The molecule has 0 radical (unpaired) electrons. The van der Waals surface area contributed by atoms with Crippen LogP contribution in [0.1, 0.15) is 33.7 Å². The summed E-state index contributed by atoms with van der Waals surface area (Å²) in [6.45, 7) is 1.76. The molecule has 3 rings (SSSR count). The number of benzene rings is 1. The number of rotatable bonds is 5. The molecule has 7 nitrogen and oxygen atoms in total. The SMILES string of the molecule is COc1ccc(C(NC(=O)c2cc(C)no2)c2nccn2C)cc1. The van der Waals surface area contributed by atoms with Gasteiger partial charge in [-0.25, -0.2) is 4.98 Å². The molecule has 0 fully saturated rings. The molecule has 124 valence electrons. The Morgan fingerprint density at radius 2 is 2.08 bits per heavy atom. The van der Waals surface area contributed by atoms with Crippen LogP contribution < -0.4 is 10.1 Å². The lowest BCUT2D eigenvalue weighted by Crippen LogP contribution is -2.30. The third-order valence-corrected chi connectivity index (χ3v) is 3.69. The van der Waals surface area contributed by atoms with Crippen LogP contribution in [0, 0.1) is 6.92 Å². The van der Waals surface area contributed by atoms with E-state index in [4.69, 9.17) is 9.26 Å². The lowest BCUT2D eigenvalue weighted by Gasteiger charge is -2.18. The van der Waals surface area contributed by atoms with Crippen LogP contribution in [0.2, 0.25) is 0 Å². The molecular formula is C17H18N4O3. The van der Waals surface area contributed by atoms with E-state index in [0.29, 0.717) is 11.5 Å². The monoisotopic (exact) mass is 326 g/mol. The van der Waals surface area contributed by atoms with Crippen LogP contribution in [-0.2, 0) is 7.05 Å². The maximum absolute atomic E-state index is 12.5. The maximum Gasteiger partial charge on any atom is 0.290 e. The van der Waals surface area contributed by atoms with E-state index in [0.717, 1.165) is 11.3 Å². The predicted molar refractivity (Wildman–Crippen MR) is 86.8 cm³/mol. The first-order valence-corrected chi connectivity index (χ1v) is 7.44. The zero-order chi connectivity index (χ0) is 17.1. The summed E-state index contributed by atoms with van der Waals surface area (Å²) in [6.07, 6.45) is 3.52. The van der Waals surface area contributed by atoms with E-state index >= 15 is 0 Å². The molecule has 1 amide bonds. The van der Waals surface area contributed by atoms with Crippen molar-refractivity contribution in [1.82, 2.24) is 20.0 Å². The second kappa shape index (κ2) is 6.57. The topological polar surface area (TPSA) is 82.2 Å². The number of nitrogens with zero attached hydrogens (tertiary/aromatic N) is 3.